The molecule has 1 saturated heterocycles. The highest BCUT2D eigenvalue weighted by molar-refractivity contribution is 5.97. The monoisotopic (exact) mass is 346 g/mol. The summed E-state index contributed by atoms with van der Waals surface area (Å²) in [6.45, 7) is 11.2. The number of piperazine rings is 1. The molecule has 0 bridgehead atoms. The maximum atomic E-state index is 13.0. The first-order valence-electron chi connectivity index (χ1n) is 8.94. The molecule has 5 heteroatoms. The first-order chi connectivity index (χ1) is 11.7. The van der Waals surface area contributed by atoms with Gasteiger partial charge in [-0.3, -0.25) is 9.59 Å². The second-order valence-electron chi connectivity index (χ2n) is 8.07. The van der Waals surface area contributed by atoms with Crippen molar-refractivity contribution in [3.05, 3.63) is 35.9 Å². The van der Waals surface area contributed by atoms with Gasteiger partial charge in [0.25, 0.3) is 0 Å². The molecule has 0 aromatic heterocycles. The van der Waals surface area contributed by atoms with Crippen molar-refractivity contribution in [2.75, 3.05) is 13.2 Å². The first kappa shape index (κ1) is 19.4. The highest BCUT2D eigenvalue weighted by Crippen LogP contribution is 2.27. The predicted molar refractivity (Wildman–Crippen MR) is 97.8 cm³/mol. The maximum Gasteiger partial charge on any atom is 0.246 e. The van der Waals surface area contributed by atoms with Crippen molar-refractivity contribution < 1.29 is 14.3 Å². The molecular weight excluding hydrogens is 316 g/mol. The smallest absolute Gasteiger partial charge is 0.246 e. The number of hydrogen-bond donors (Lipinski definition) is 1. The van der Waals surface area contributed by atoms with Gasteiger partial charge in [0.1, 0.15) is 12.1 Å². The number of amides is 2. The summed E-state index contributed by atoms with van der Waals surface area (Å²) in [7, 11) is 0. The third-order valence-corrected chi connectivity index (χ3v) is 4.51. The summed E-state index contributed by atoms with van der Waals surface area (Å²) in [5.74, 6) is -0.0364. The third-order valence-electron chi connectivity index (χ3n) is 4.51. The lowest BCUT2D eigenvalue weighted by molar-refractivity contribution is -0.155. The van der Waals surface area contributed by atoms with E-state index in [0.717, 1.165) is 5.56 Å². The normalized spacial score (nSPS) is 21.6. The number of benzene rings is 1. The Labute approximate surface area is 150 Å². The fourth-order valence-corrected chi connectivity index (χ4v) is 3.16. The molecule has 5 nitrogen and oxygen atoms in total. The van der Waals surface area contributed by atoms with Gasteiger partial charge < -0.3 is 15.0 Å². The van der Waals surface area contributed by atoms with E-state index in [4.69, 9.17) is 4.74 Å². The van der Waals surface area contributed by atoms with Gasteiger partial charge in [0.05, 0.1) is 13.2 Å². The van der Waals surface area contributed by atoms with E-state index in [0.29, 0.717) is 19.8 Å². The van der Waals surface area contributed by atoms with Crippen molar-refractivity contribution in [3.63, 3.8) is 0 Å². The summed E-state index contributed by atoms with van der Waals surface area (Å²) in [5, 5.41) is 2.91. The Morgan fingerprint density at radius 2 is 1.80 bits per heavy atom. The van der Waals surface area contributed by atoms with Gasteiger partial charge in [-0.2, -0.15) is 0 Å². The summed E-state index contributed by atoms with van der Waals surface area (Å²) >= 11 is 0. The summed E-state index contributed by atoms with van der Waals surface area (Å²) in [5.41, 5.74) is 0.774. The highest BCUT2D eigenvalue weighted by atomic mass is 16.5. The number of ether oxygens (including phenoxy) is 1. The van der Waals surface area contributed by atoms with Crippen molar-refractivity contribution in [1.29, 1.82) is 0 Å². The average molecular weight is 346 g/mol. The zero-order valence-electron chi connectivity index (χ0n) is 15.9. The van der Waals surface area contributed by atoms with Crippen LogP contribution in [0.2, 0.25) is 0 Å². The molecule has 25 heavy (non-hydrogen) atoms. The Morgan fingerprint density at radius 3 is 2.36 bits per heavy atom. The van der Waals surface area contributed by atoms with Crippen LogP contribution in [0.1, 0.15) is 40.2 Å². The van der Waals surface area contributed by atoms with Crippen molar-refractivity contribution >= 4 is 11.8 Å². The number of hydrogen-bond acceptors (Lipinski definition) is 3. The second kappa shape index (κ2) is 8.00. The van der Waals surface area contributed by atoms with Crippen LogP contribution >= 0.6 is 0 Å². The van der Waals surface area contributed by atoms with Crippen LogP contribution in [0.4, 0.5) is 0 Å². The van der Waals surface area contributed by atoms with Crippen molar-refractivity contribution in [3.8, 4) is 0 Å². The van der Waals surface area contributed by atoms with E-state index in [1.165, 1.54) is 0 Å². The average Bonchev–Trinajstić information content (AvgIpc) is 2.53. The molecule has 2 unspecified atom stereocenters. The van der Waals surface area contributed by atoms with Crippen LogP contribution in [-0.4, -0.2) is 41.9 Å². The number of carbonyl (C=O) groups is 2. The van der Waals surface area contributed by atoms with Crippen LogP contribution in [-0.2, 0) is 20.9 Å². The molecule has 1 fully saturated rings. The zero-order valence-corrected chi connectivity index (χ0v) is 15.9. The van der Waals surface area contributed by atoms with E-state index in [-0.39, 0.29) is 23.1 Å². The van der Waals surface area contributed by atoms with Gasteiger partial charge in [0.2, 0.25) is 11.8 Å². The largest absolute Gasteiger partial charge is 0.375 e. The lowest BCUT2D eigenvalue weighted by Gasteiger charge is -2.44. The molecule has 1 heterocycles. The van der Waals surface area contributed by atoms with E-state index in [1.54, 1.807) is 4.90 Å². The van der Waals surface area contributed by atoms with Gasteiger partial charge in [-0.1, -0.05) is 65.0 Å². The van der Waals surface area contributed by atoms with Gasteiger partial charge in [0.15, 0.2) is 0 Å². The molecule has 2 amide bonds. The van der Waals surface area contributed by atoms with E-state index in [1.807, 2.05) is 65.0 Å². The van der Waals surface area contributed by atoms with E-state index in [9.17, 15) is 9.59 Å². The molecule has 2 atom stereocenters. The van der Waals surface area contributed by atoms with Crippen LogP contribution in [0.3, 0.4) is 0 Å². The van der Waals surface area contributed by atoms with Crippen LogP contribution in [0.5, 0.6) is 0 Å². The van der Waals surface area contributed by atoms with E-state index >= 15 is 0 Å². The Balaban J connectivity index is 2.02. The molecule has 1 aromatic rings. The molecule has 1 N–H and O–H groups in total. The molecule has 0 radical (unpaired) electrons. The van der Waals surface area contributed by atoms with Gasteiger partial charge in [-0.25, -0.2) is 0 Å². The van der Waals surface area contributed by atoms with E-state index < -0.39 is 12.1 Å². The van der Waals surface area contributed by atoms with Crippen molar-refractivity contribution in [2.45, 2.75) is 53.3 Å². The minimum atomic E-state index is -0.496. The third kappa shape index (κ3) is 4.82. The van der Waals surface area contributed by atoms with Crippen LogP contribution in [0, 0.1) is 11.3 Å². The molecular formula is C20H30N2O3. The molecule has 1 aliphatic heterocycles. The summed E-state index contributed by atoms with van der Waals surface area (Å²) in [6.07, 6.45) is 0. The highest BCUT2D eigenvalue weighted by Gasteiger charge is 2.45. The molecule has 0 spiro atoms. The Hall–Kier alpha value is -1.88. The van der Waals surface area contributed by atoms with Crippen LogP contribution in [0.25, 0.3) is 0 Å². The number of nitrogens with zero attached hydrogens (tertiary/aromatic N) is 1. The number of rotatable bonds is 6. The predicted octanol–water partition coefficient (Wildman–Crippen LogP) is 2.60. The van der Waals surface area contributed by atoms with Gasteiger partial charge in [0, 0.05) is 6.54 Å². The summed E-state index contributed by atoms with van der Waals surface area (Å²) < 4.78 is 5.73. The van der Waals surface area contributed by atoms with Gasteiger partial charge in [-0.05, 0) is 16.9 Å². The van der Waals surface area contributed by atoms with Crippen LogP contribution < -0.4 is 5.32 Å². The van der Waals surface area contributed by atoms with Crippen LogP contribution in [0.15, 0.2) is 30.3 Å². The van der Waals surface area contributed by atoms with Crippen molar-refractivity contribution in [2.24, 2.45) is 11.3 Å². The number of nitrogens with one attached hydrogen (secondary N) is 1. The Bertz CT molecular complexity index is 593. The Morgan fingerprint density at radius 1 is 1.16 bits per heavy atom. The Kier molecular flexibility index (Phi) is 6.22. The van der Waals surface area contributed by atoms with Gasteiger partial charge >= 0.3 is 0 Å². The van der Waals surface area contributed by atoms with E-state index in [2.05, 4.69) is 5.32 Å². The SMILES string of the molecule is CC(C)C1C(=O)NC(C(C)(C)C)C(=O)N1CCOCc1ccccc1. The summed E-state index contributed by atoms with van der Waals surface area (Å²) in [4.78, 5) is 27.2. The molecule has 1 aliphatic rings. The molecule has 2 rings (SSSR count). The summed E-state index contributed by atoms with van der Waals surface area (Å²) in [6, 6.07) is 8.99. The fraction of sp³-hybridized carbons (Fsp3) is 0.600. The fourth-order valence-electron chi connectivity index (χ4n) is 3.16. The quantitative estimate of drug-likeness (QED) is 0.806. The zero-order chi connectivity index (χ0) is 18.6. The molecule has 0 aliphatic carbocycles. The minimum Gasteiger partial charge on any atom is -0.375 e. The number of carbonyl (C=O) groups excluding carboxylic acids is 2. The van der Waals surface area contributed by atoms with Crippen molar-refractivity contribution in [1.82, 2.24) is 10.2 Å². The standard InChI is InChI=1S/C20H30N2O3/c1-14(2)16-18(23)21-17(20(3,4)5)19(24)22(16)11-12-25-13-15-9-7-6-8-10-15/h6-10,14,16-17H,11-13H2,1-5H3,(H,21,23). The molecule has 1 aromatic carbocycles. The first-order valence-corrected chi connectivity index (χ1v) is 8.94. The van der Waals surface area contributed by atoms with Gasteiger partial charge in [-0.15, -0.1) is 0 Å². The molecule has 0 saturated carbocycles. The molecule has 138 valence electrons. The second-order valence-corrected chi connectivity index (χ2v) is 8.07. The lowest BCUT2D eigenvalue weighted by Crippen LogP contribution is -2.68. The lowest BCUT2D eigenvalue weighted by atomic mass is 9.83. The topological polar surface area (TPSA) is 58.6 Å². The minimum absolute atomic E-state index is 0.0193. The maximum absolute atomic E-state index is 13.0.